The lowest BCUT2D eigenvalue weighted by molar-refractivity contribution is 0.103. The summed E-state index contributed by atoms with van der Waals surface area (Å²) in [5.41, 5.74) is 1.56. The third kappa shape index (κ3) is 1.54. The first-order valence-electron chi connectivity index (χ1n) is 5.44. The van der Waals surface area contributed by atoms with E-state index in [0.717, 1.165) is 0 Å². The number of benzene rings is 1. The van der Waals surface area contributed by atoms with Crippen LogP contribution in [0.4, 0.5) is 0 Å². The fourth-order valence-corrected chi connectivity index (χ4v) is 5.13. The summed E-state index contributed by atoms with van der Waals surface area (Å²) in [5, 5.41) is 1.77. The summed E-state index contributed by atoms with van der Waals surface area (Å²) in [7, 11) is -3.43. The van der Waals surface area contributed by atoms with Gasteiger partial charge in [0.15, 0.2) is 15.6 Å². The molecule has 3 rings (SSSR count). The van der Waals surface area contributed by atoms with Crippen molar-refractivity contribution in [3.63, 3.8) is 0 Å². The lowest BCUT2D eigenvalue weighted by Gasteiger charge is -2.07. The molecule has 1 aromatic heterocycles. The van der Waals surface area contributed by atoms with Gasteiger partial charge in [-0.2, -0.15) is 0 Å². The van der Waals surface area contributed by atoms with Crippen LogP contribution in [0.3, 0.4) is 0 Å². The summed E-state index contributed by atoms with van der Waals surface area (Å²) in [6.45, 7) is 1.77. The Kier molecular flexibility index (Phi) is 2.43. The molecule has 0 saturated heterocycles. The van der Waals surface area contributed by atoms with Crippen LogP contribution < -0.4 is 0 Å². The van der Waals surface area contributed by atoms with Crippen LogP contribution in [0.15, 0.2) is 34.5 Å². The third-order valence-corrected chi connectivity index (χ3v) is 5.89. The van der Waals surface area contributed by atoms with Gasteiger partial charge < -0.3 is 0 Å². The fraction of sp³-hybridized carbons (Fsp3) is 0.154. The molecule has 3 nitrogen and oxygen atoms in total. The number of rotatable bonds is 0. The maximum Gasteiger partial charge on any atom is 0.195 e. The van der Waals surface area contributed by atoms with Gasteiger partial charge in [0, 0.05) is 16.0 Å². The van der Waals surface area contributed by atoms with Gasteiger partial charge in [-0.1, -0.05) is 12.1 Å². The zero-order valence-corrected chi connectivity index (χ0v) is 11.3. The summed E-state index contributed by atoms with van der Waals surface area (Å²) in [6, 6.07) is 6.67. The molecule has 1 aromatic carbocycles. The molecule has 0 spiro atoms. The van der Waals surface area contributed by atoms with Crippen molar-refractivity contribution in [1.29, 1.82) is 0 Å². The number of thiophene rings is 1. The second-order valence-corrected chi connectivity index (χ2v) is 7.25. The highest BCUT2D eigenvalue weighted by atomic mass is 32.2. The molecule has 0 N–H and O–H groups in total. The third-order valence-electron chi connectivity index (χ3n) is 3.11. The molecule has 5 heteroatoms. The Hall–Kier alpha value is -1.46. The Morgan fingerprint density at radius 3 is 2.78 bits per heavy atom. The Morgan fingerprint density at radius 1 is 1.22 bits per heavy atom. The summed E-state index contributed by atoms with van der Waals surface area (Å²) in [6.07, 6.45) is 0. The zero-order chi connectivity index (χ0) is 12.9. The number of hydrogen-bond acceptors (Lipinski definition) is 4. The second-order valence-electron chi connectivity index (χ2n) is 4.29. The average Bonchev–Trinajstić information content (AvgIpc) is 2.72. The van der Waals surface area contributed by atoms with Crippen LogP contribution in [0.5, 0.6) is 0 Å². The van der Waals surface area contributed by atoms with E-state index in [1.165, 1.54) is 17.4 Å². The minimum atomic E-state index is -3.43. The van der Waals surface area contributed by atoms with Crippen LogP contribution in [0.2, 0.25) is 0 Å². The minimum Gasteiger partial charge on any atom is -0.289 e. The van der Waals surface area contributed by atoms with Crippen LogP contribution in [0.1, 0.15) is 26.4 Å². The Labute approximate surface area is 109 Å². The molecule has 0 bridgehead atoms. The maximum absolute atomic E-state index is 12.4. The summed E-state index contributed by atoms with van der Waals surface area (Å²) in [5.74, 6) is -0.261. The SMILES string of the molecule is Cc1cccc2c1C(=O)c1ccsc1CS2(=O)=O. The van der Waals surface area contributed by atoms with Crippen molar-refractivity contribution in [3.05, 3.63) is 51.2 Å². The van der Waals surface area contributed by atoms with Crippen molar-refractivity contribution in [1.82, 2.24) is 0 Å². The Balaban J connectivity index is 2.44. The first-order chi connectivity index (χ1) is 8.50. The molecule has 0 atom stereocenters. The summed E-state index contributed by atoms with van der Waals surface area (Å²) >= 11 is 1.32. The Bertz CT molecular complexity index is 754. The van der Waals surface area contributed by atoms with Crippen molar-refractivity contribution in [2.24, 2.45) is 0 Å². The van der Waals surface area contributed by atoms with Gasteiger partial charge in [-0.3, -0.25) is 4.79 Å². The number of carbonyl (C=O) groups excluding carboxylic acids is 1. The summed E-state index contributed by atoms with van der Waals surface area (Å²) < 4.78 is 24.6. The predicted octanol–water partition coefficient (Wildman–Crippen LogP) is 2.57. The standard InChI is InChI=1S/C13H10O3S2/c1-8-3-2-4-11-12(8)13(14)9-5-6-17-10(9)7-18(11,15)16/h2-6H,7H2,1H3. The van der Waals surface area contributed by atoms with E-state index in [9.17, 15) is 13.2 Å². The van der Waals surface area contributed by atoms with Crippen LogP contribution in [-0.4, -0.2) is 14.2 Å². The number of aryl methyl sites for hydroxylation is 1. The molecular weight excluding hydrogens is 268 g/mol. The van der Waals surface area contributed by atoms with Crippen LogP contribution in [-0.2, 0) is 15.6 Å². The van der Waals surface area contributed by atoms with Crippen LogP contribution in [0, 0.1) is 6.92 Å². The van der Waals surface area contributed by atoms with E-state index in [1.807, 2.05) is 0 Å². The molecule has 0 saturated carbocycles. The normalized spacial score (nSPS) is 16.8. The van der Waals surface area contributed by atoms with Gasteiger partial charge in [0.05, 0.1) is 10.6 Å². The van der Waals surface area contributed by atoms with E-state index < -0.39 is 9.84 Å². The lowest BCUT2D eigenvalue weighted by atomic mass is 10.00. The number of fused-ring (bicyclic) bond motifs is 2. The molecule has 2 aromatic rings. The molecule has 0 amide bonds. The van der Waals surface area contributed by atoms with Crippen molar-refractivity contribution in [2.45, 2.75) is 17.6 Å². The molecule has 1 aliphatic heterocycles. The van der Waals surface area contributed by atoms with Gasteiger partial charge in [-0.25, -0.2) is 8.42 Å². The largest absolute Gasteiger partial charge is 0.289 e. The van der Waals surface area contributed by atoms with Gasteiger partial charge in [0.1, 0.15) is 0 Å². The first-order valence-corrected chi connectivity index (χ1v) is 7.97. The maximum atomic E-state index is 12.4. The first kappa shape index (κ1) is 11.6. The molecule has 1 aliphatic rings. The average molecular weight is 278 g/mol. The lowest BCUT2D eigenvalue weighted by Crippen LogP contribution is -2.08. The quantitative estimate of drug-likeness (QED) is 0.744. The zero-order valence-electron chi connectivity index (χ0n) is 9.64. The molecule has 0 radical (unpaired) electrons. The molecule has 0 fully saturated rings. The van der Waals surface area contributed by atoms with E-state index in [1.54, 1.807) is 30.5 Å². The smallest absolute Gasteiger partial charge is 0.195 e. The van der Waals surface area contributed by atoms with Gasteiger partial charge in [0.25, 0.3) is 0 Å². The summed E-state index contributed by atoms with van der Waals surface area (Å²) in [4.78, 5) is 13.2. The topological polar surface area (TPSA) is 51.2 Å². The number of carbonyl (C=O) groups is 1. The highest BCUT2D eigenvalue weighted by Gasteiger charge is 2.31. The number of hydrogen-bond donors (Lipinski definition) is 0. The van der Waals surface area contributed by atoms with Crippen molar-refractivity contribution in [3.8, 4) is 0 Å². The van der Waals surface area contributed by atoms with Crippen LogP contribution in [0.25, 0.3) is 0 Å². The Morgan fingerprint density at radius 2 is 2.00 bits per heavy atom. The van der Waals surface area contributed by atoms with E-state index in [0.29, 0.717) is 21.6 Å². The second kappa shape index (κ2) is 3.76. The van der Waals surface area contributed by atoms with Gasteiger partial charge in [0.2, 0.25) is 0 Å². The van der Waals surface area contributed by atoms with E-state index in [2.05, 4.69) is 0 Å². The fourth-order valence-electron chi connectivity index (χ4n) is 2.23. The molecule has 0 unspecified atom stereocenters. The highest BCUT2D eigenvalue weighted by Crippen LogP contribution is 2.33. The van der Waals surface area contributed by atoms with Gasteiger partial charge >= 0.3 is 0 Å². The van der Waals surface area contributed by atoms with Gasteiger partial charge in [-0.05, 0) is 30.0 Å². The van der Waals surface area contributed by atoms with E-state index in [-0.39, 0.29) is 16.4 Å². The molecule has 18 heavy (non-hydrogen) atoms. The van der Waals surface area contributed by atoms with Gasteiger partial charge in [-0.15, -0.1) is 11.3 Å². The molecule has 2 heterocycles. The predicted molar refractivity (Wildman–Crippen MR) is 69.8 cm³/mol. The van der Waals surface area contributed by atoms with Crippen LogP contribution >= 0.6 is 11.3 Å². The van der Waals surface area contributed by atoms with E-state index >= 15 is 0 Å². The number of ketones is 1. The monoisotopic (exact) mass is 278 g/mol. The molecule has 0 aliphatic carbocycles. The molecule has 92 valence electrons. The molecular formula is C13H10O3S2. The van der Waals surface area contributed by atoms with Crippen molar-refractivity contribution < 1.29 is 13.2 Å². The highest BCUT2D eigenvalue weighted by molar-refractivity contribution is 7.91. The minimum absolute atomic E-state index is 0.0812. The van der Waals surface area contributed by atoms with Crippen molar-refractivity contribution in [2.75, 3.05) is 0 Å². The van der Waals surface area contributed by atoms with Crippen molar-refractivity contribution >= 4 is 27.0 Å². The van der Waals surface area contributed by atoms with E-state index in [4.69, 9.17) is 0 Å². The number of sulfone groups is 1.